The number of hydrogen-bond donors (Lipinski definition) is 3. The Morgan fingerprint density at radius 2 is 2.06 bits per heavy atom. The molecule has 0 aromatic carbocycles. The summed E-state index contributed by atoms with van der Waals surface area (Å²) in [6.45, 7) is 0. The van der Waals surface area contributed by atoms with Crippen LogP contribution in [0.25, 0.3) is 0 Å². The molecule has 4 N–H and O–H groups in total. The highest BCUT2D eigenvalue weighted by Crippen LogP contribution is 2.50. The molecule has 0 aromatic heterocycles. The summed E-state index contributed by atoms with van der Waals surface area (Å²) < 4.78 is 0. The minimum Gasteiger partial charge on any atom is -0.384 e. The average molecular weight is 232 g/mol. The van der Waals surface area contributed by atoms with E-state index in [9.17, 15) is 5.26 Å². The van der Waals surface area contributed by atoms with Gasteiger partial charge in [-0.15, -0.1) is 0 Å². The third-order valence-corrected chi connectivity index (χ3v) is 3.70. The molecule has 1 aliphatic heterocycles. The van der Waals surface area contributed by atoms with Gasteiger partial charge in [-0.1, -0.05) is 25.1 Å². The van der Waals surface area contributed by atoms with Crippen molar-refractivity contribution in [3.63, 3.8) is 0 Å². The standard InChI is InChI=1S/C11H12N4S/c12-5-7-9(14)15-10(16)8(6-13)11(7)3-1-2-4-11/h13H,1-4,14H2,(H,15,16). The Morgan fingerprint density at radius 3 is 2.56 bits per heavy atom. The molecular weight excluding hydrogens is 220 g/mol. The van der Waals surface area contributed by atoms with Gasteiger partial charge in [-0.2, -0.15) is 5.26 Å². The molecule has 1 heterocycles. The minimum atomic E-state index is -0.442. The number of rotatable bonds is 0. The highest BCUT2D eigenvalue weighted by Gasteiger charge is 2.47. The first-order valence-corrected chi connectivity index (χ1v) is 5.58. The van der Waals surface area contributed by atoms with E-state index in [1.807, 2.05) is 0 Å². The Bertz CT molecular complexity index is 471. The molecule has 2 aliphatic rings. The molecule has 1 saturated carbocycles. The van der Waals surface area contributed by atoms with Crippen LogP contribution >= 0.6 is 12.2 Å². The van der Waals surface area contributed by atoms with Crippen LogP contribution in [0.5, 0.6) is 0 Å². The lowest BCUT2D eigenvalue weighted by Crippen LogP contribution is -2.43. The normalized spacial score (nSPS) is 22.9. The Balaban J connectivity index is 2.67. The number of hydrogen-bond acceptors (Lipinski definition) is 4. The molecule has 1 spiro atoms. The van der Waals surface area contributed by atoms with Gasteiger partial charge in [0.1, 0.15) is 10.8 Å². The molecule has 4 nitrogen and oxygen atoms in total. The summed E-state index contributed by atoms with van der Waals surface area (Å²) in [6.07, 6.45) is 3.73. The summed E-state index contributed by atoms with van der Waals surface area (Å²) >= 11 is 5.16. The van der Waals surface area contributed by atoms with E-state index in [1.54, 1.807) is 0 Å². The largest absolute Gasteiger partial charge is 0.384 e. The second-order valence-corrected chi connectivity index (χ2v) is 4.55. The van der Waals surface area contributed by atoms with E-state index in [2.05, 4.69) is 17.3 Å². The molecule has 0 atom stereocenters. The number of nitrogens with zero attached hydrogens (tertiary/aromatic N) is 1. The molecule has 1 fully saturated rings. The van der Waals surface area contributed by atoms with E-state index < -0.39 is 5.41 Å². The third kappa shape index (κ3) is 1.28. The van der Waals surface area contributed by atoms with Crippen molar-refractivity contribution < 1.29 is 0 Å². The molecule has 2 rings (SSSR count). The van der Waals surface area contributed by atoms with Gasteiger partial charge in [0.05, 0.1) is 17.2 Å². The van der Waals surface area contributed by atoms with Crippen LogP contribution in [0.4, 0.5) is 0 Å². The predicted octanol–water partition coefficient (Wildman–Crippen LogP) is 1.35. The van der Waals surface area contributed by atoms with Gasteiger partial charge in [0.15, 0.2) is 0 Å². The number of allylic oxidation sites excluding steroid dienone is 1. The van der Waals surface area contributed by atoms with Crippen molar-refractivity contribution in [3.05, 3.63) is 17.0 Å². The van der Waals surface area contributed by atoms with Crippen LogP contribution in [-0.2, 0) is 0 Å². The summed E-state index contributed by atoms with van der Waals surface area (Å²) in [5.74, 6) is 2.73. The van der Waals surface area contributed by atoms with E-state index in [4.69, 9.17) is 23.4 Å². The first-order chi connectivity index (χ1) is 7.65. The topological polar surface area (TPSA) is 85.7 Å². The van der Waals surface area contributed by atoms with E-state index in [1.165, 1.54) is 0 Å². The van der Waals surface area contributed by atoms with Gasteiger partial charge < -0.3 is 11.1 Å². The molecule has 0 saturated heterocycles. The van der Waals surface area contributed by atoms with Crippen molar-refractivity contribution in [1.29, 1.82) is 10.7 Å². The zero-order valence-electron chi connectivity index (χ0n) is 8.76. The molecule has 0 unspecified atom stereocenters. The molecule has 1 aliphatic carbocycles. The van der Waals surface area contributed by atoms with Crippen LogP contribution in [0.15, 0.2) is 17.0 Å². The zero-order chi connectivity index (χ0) is 11.8. The highest BCUT2D eigenvalue weighted by molar-refractivity contribution is 7.80. The van der Waals surface area contributed by atoms with Crippen molar-refractivity contribution >= 4 is 23.1 Å². The quantitative estimate of drug-likeness (QED) is 0.334. The fraction of sp³-hybridized carbons (Fsp3) is 0.455. The van der Waals surface area contributed by atoms with Gasteiger partial charge in [0, 0.05) is 5.41 Å². The van der Waals surface area contributed by atoms with Crippen LogP contribution in [0.3, 0.4) is 0 Å². The van der Waals surface area contributed by atoms with Gasteiger partial charge in [-0.3, -0.25) is 5.41 Å². The van der Waals surface area contributed by atoms with Crippen molar-refractivity contribution in [2.75, 3.05) is 0 Å². The highest BCUT2D eigenvalue weighted by atomic mass is 32.1. The number of nitrogens with two attached hydrogens (primary N) is 1. The fourth-order valence-electron chi connectivity index (χ4n) is 2.67. The first-order valence-electron chi connectivity index (χ1n) is 5.17. The Labute approximate surface area is 99.3 Å². The minimum absolute atomic E-state index is 0.341. The van der Waals surface area contributed by atoms with Crippen molar-refractivity contribution in [3.8, 4) is 6.07 Å². The maximum atomic E-state index is 9.21. The Hall–Kier alpha value is -1.63. The Morgan fingerprint density at radius 1 is 1.44 bits per heavy atom. The summed E-state index contributed by atoms with van der Waals surface area (Å²) in [6, 6.07) is 2.16. The number of nitrogens with one attached hydrogen (secondary N) is 2. The monoisotopic (exact) mass is 232 g/mol. The number of nitriles is 1. The molecule has 0 bridgehead atoms. The van der Waals surface area contributed by atoms with Gasteiger partial charge >= 0.3 is 0 Å². The van der Waals surface area contributed by atoms with Crippen LogP contribution < -0.4 is 11.1 Å². The maximum absolute atomic E-state index is 9.21. The lowest BCUT2D eigenvalue weighted by molar-refractivity contribution is 0.464. The Kier molecular flexibility index (Phi) is 2.55. The van der Waals surface area contributed by atoms with E-state index in [0.29, 0.717) is 22.0 Å². The lowest BCUT2D eigenvalue weighted by atomic mass is 9.71. The van der Waals surface area contributed by atoms with Crippen LogP contribution in [0.2, 0.25) is 0 Å². The maximum Gasteiger partial charge on any atom is 0.118 e. The molecular formula is C11H12N4S. The SMILES string of the molecule is N#CC1=C(N)NC(=S)C(=C=N)C12CCCC2. The first kappa shape index (κ1) is 10.9. The van der Waals surface area contributed by atoms with Crippen LogP contribution in [0, 0.1) is 22.2 Å². The molecule has 16 heavy (non-hydrogen) atoms. The van der Waals surface area contributed by atoms with E-state index in [-0.39, 0.29) is 0 Å². The summed E-state index contributed by atoms with van der Waals surface area (Å²) in [5, 5.41) is 19.4. The summed E-state index contributed by atoms with van der Waals surface area (Å²) in [7, 11) is 0. The average Bonchev–Trinajstić information content (AvgIpc) is 2.68. The third-order valence-electron chi connectivity index (χ3n) is 3.40. The van der Waals surface area contributed by atoms with Crippen LogP contribution in [0.1, 0.15) is 25.7 Å². The smallest absolute Gasteiger partial charge is 0.118 e. The van der Waals surface area contributed by atoms with Crippen molar-refractivity contribution in [2.24, 2.45) is 11.1 Å². The van der Waals surface area contributed by atoms with Gasteiger partial charge in [-0.05, 0) is 18.7 Å². The van der Waals surface area contributed by atoms with Crippen molar-refractivity contribution in [1.82, 2.24) is 5.32 Å². The second-order valence-electron chi connectivity index (χ2n) is 4.14. The van der Waals surface area contributed by atoms with Gasteiger partial charge in [-0.25, -0.2) is 0 Å². The van der Waals surface area contributed by atoms with Crippen LogP contribution in [-0.4, -0.2) is 10.9 Å². The second kappa shape index (κ2) is 3.75. The summed E-state index contributed by atoms with van der Waals surface area (Å²) in [4.78, 5) is 0.438. The van der Waals surface area contributed by atoms with E-state index in [0.717, 1.165) is 25.7 Å². The van der Waals surface area contributed by atoms with Gasteiger partial charge in [0.2, 0.25) is 0 Å². The molecule has 5 heteroatoms. The fourth-order valence-corrected chi connectivity index (χ4v) is 3.03. The molecule has 82 valence electrons. The molecule has 0 aromatic rings. The zero-order valence-corrected chi connectivity index (χ0v) is 9.58. The van der Waals surface area contributed by atoms with Gasteiger partial charge in [0.25, 0.3) is 0 Å². The summed E-state index contributed by atoms with van der Waals surface area (Å²) in [5.41, 5.74) is 6.50. The molecule has 0 amide bonds. The predicted molar refractivity (Wildman–Crippen MR) is 64.7 cm³/mol. The lowest BCUT2D eigenvalue weighted by Gasteiger charge is -2.35. The molecule has 0 radical (unpaired) electrons. The van der Waals surface area contributed by atoms with E-state index >= 15 is 0 Å². The number of thiocarbonyl (C=S) groups is 1. The van der Waals surface area contributed by atoms with Crippen molar-refractivity contribution in [2.45, 2.75) is 25.7 Å².